The lowest BCUT2D eigenvalue weighted by atomic mass is 9.83. The van der Waals surface area contributed by atoms with Crippen LogP contribution < -0.4 is 10.9 Å². The maximum absolute atomic E-state index is 3.40. The van der Waals surface area contributed by atoms with Gasteiger partial charge in [0.25, 0.3) is 0 Å². The van der Waals surface area contributed by atoms with Crippen molar-refractivity contribution in [1.82, 2.24) is 10.9 Å². The maximum atomic E-state index is 3.40. The van der Waals surface area contributed by atoms with Crippen molar-refractivity contribution >= 4 is 11.8 Å². The van der Waals surface area contributed by atoms with Crippen LogP contribution in [-0.4, -0.2) is 10.7 Å². The fourth-order valence-electron chi connectivity index (χ4n) is 2.31. The van der Waals surface area contributed by atoms with Crippen molar-refractivity contribution in [3.63, 3.8) is 0 Å². The van der Waals surface area contributed by atoms with E-state index in [9.17, 15) is 0 Å². The van der Waals surface area contributed by atoms with Gasteiger partial charge in [-0.15, -0.1) is 11.8 Å². The van der Waals surface area contributed by atoms with Gasteiger partial charge in [-0.25, -0.2) is 10.9 Å². The van der Waals surface area contributed by atoms with Crippen LogP contribution >= 0.6 is 11.8 Å². The van der Waals surface area contributed by atoms with Gasteiger partial charge in [0.1, 0.15) is 0 Å². The molecule has 3 heteroatoms. The first-order valence-electron chi connectivity index (χ1n) is 5.42. The molecule has 2 N–H and O–H groups in total. The first-order chi connectivity index (χ1) is 6.25. The zero-order valence-corrected chi connectivity index (χ0v) is 9.36. The summed E-state index contributed by atoms with van der Waals surface area (Å²) < 4.78 is 0. The van der Waals surface area contributed by atoms with Crippen molar-refractivity contribution in [2.75, 3.05) is 0 Å². The summed E-state index contributed by atoms with van der Waals surface area (Å²) in [7, 11) is 0. The van der Waals surface area contributed by atoms with Gasteiger partial charge >= 0.3 is 0 Å². The molecule has 0 aromatic carbocycles. The highest BCUT2D eigenvalue weighted by Crippen LogP contribution is 2.36. The molecule has 1 heterocycles. The monoisotopic (exact) mass is 200 g/mol. The van der Waals surface area contributed by atoms with Gasteiger partial charge in [0, 0.05) is 0 Å². The molecule has 2 unspecified atom stereocenters. The highest BCUT2D eigenvalue weighted by atomic mass is 32.2. The van der Waals surface area contributed by atoms with Crippen molar-refractivity contribution in [2.24, 2.45) is 11.8 Å². The summed E-state index contributed by atoms with van der Waals surface area (Å²) in [5.41, 5.74) is 6.69. The maximum Gasteiger partial charge on any atom is 0.0710 e. The molecular weight excluding hydrogens is 180 g/mol. The van der Waals surface area contributed by atoms with Crippen LogP contribution in [0, 0.1) is 11.8 Å². The third-order valence-corrected chi connectivity index (χ3v) is 4.59. The Labute approximate surface area is 85.2 Å². The average Bonchev–Trinajstić information content (AvgIpc) is 2.53. The number of thioether (sulfide) groups is 1. The highest BCUT2D eigenvalue weighted by Gasteiger charge is 2.30. The minimum absolute atomic E-state index is 0.587. The van der Waals surface area contributed by atoms with Gasteiger partial charge in [0.2, 0.25) is 0 Å². The van der Waals surface area contributed by atoms with Crippen molar-refractivity contribution in [1.29, 1.82) is 0 Å². The minimum Gasteiger partial charge on any atom is -0.244 e. The quantitative estimate of drug-likeness (QED) is 0.679. The molecule has 1 saturated heterocycles. The summed E-state index contributed by atoms with van der Waals surface area (Å²) in [4.78, 5) is 0. The molecule has 1 saturated carbocycles. The Kier molecular flexibility index (Phi) is 3.17. The van der Waals surface area contributed by atoms with Crippen molar-refractivity contribution in [3.05, 3.63) is 0 Å². The smallest absolute Gasteiger partial charge is 0.0710 e. The Hall–Kier alpha value is 0.270. The normalized spacial score (nSPS) is 46.6. The first kappa shape index (κ1) is 9.81. The van der Waals surface area contributed by atoms with Crippen LogP contribution in [0.25, 0.3) is 0 Å². The summed E-state index contributed by atoms with van der Waals surface area (Å²) >= 11 is 2.05. The molecule has 13 heavy (non-hydrogen) atoms. The molecule has 2 nitrogen and oxygen atoms in total. The molecule has 0 bridgehead atoms. The van der Waals surface area contributed by atoms with E-state index in [0.29, 0.717) is 10.7 Å². The van der Waals surface area contributed by atoms with E-state index < -0.39 is 0 Å². The molecule has 0 radical (unpaired) electrons. The Morgan fingerprint density at radius 3 is 2.23 bits per heavy atom. The summed E-state index contributed by atoms with van der Waals surface area (Å²) in [6, 6.07) is 0. The molecule has 1 aliphatic carbocycles. The van der Waals surface area contributed by atoms with Crippen LogP contribution in [-0.2, 0) is 0 Å². The molecule has 0 spiro atoms. The molecule has 0 aromatic rings. The standard InChI is InChI=1S/C10H20N2S/c1-7-3-5-9(6-4-7)10-12-11-8(2)13-10/h7-12H,3-6H2,1-2H3. The molecule has 2 atom stereocenters. The van der Waals surface area contributed by atoms with E-state index >= 15 is 0 Å². The number of hydrazine groups is 1. The minimum atomic E-state index is 0.587. The Balaban J connectivity index is 1.81. The fourth-order valence-corrected chi connectivity index (χ4v) is 3.51. The predicted octanol–water partition coefficient (Wildman–Crippen LogP) is 2.33. The van der Waals surface area contributed by atoms with Gasteiger partial charge < -0.3 is 0 Å². The molecule has 0 amide bonds. The van der Waals surface area contributed by atoms with Gasteiger partial charge in [-0.1, -0.05) is 19.8 Å². The van der Waals surface area contributed by atoms with E-state index in [1.54, 1.807) is 0 Å². The second-order valence-electron chi connectivity index (χ2n) is 4.51. The fraction of sp³-hybridized carbons (Fsp3) is 1.00. The summed E-state index contributed by atoms with van der Waals surface area (Å²) in [5, 5.41) is 1.26. The number of hydrogen-bond donors (Lipinski definition) is 2. The molecule has 0 aromatic heterocycles. The number of hydrogen-bond acceptors (Lipinski definition) is 3. The Morgan fingerprint density at radius 2 is 1.69 bits per heavy atom. The predicted molar refractivity (Wildman–Crippen MR) is 58.2 cm³/mol. The molecule has 2 rings (SSSR count). The van der Waals surface area contributed by atoms with Gasteiger partial charge in [-0.2, -0.15) is 0 Å². The van der Waals surface area contributed by atoms with Crippen LogP contribution in [0.3, 0.4) is 0 Å². The zero-order chi connectivity index (χ0) is 9.26. The summed E-state index contributed by atoms with van der Waals surface area (Å²) in [6.07, 6.45) is 5.69. The van der Waals surface area contributed by atoms with Crippen LogP contribution in [0.1, 0.15) is 39.5 Å². The van der Waals surface area contributed by atoms with Crippen LogP contribution in [0.4, 0.5) is 0 Å². The third kappa shape index (κ3) is 2.39. The lowest BCUT2D eigenvalue weighted by molar-refractivity contribution is 0.266. The SMILES string of the molecule is CC1CCC(C2NNC(C)S2)CC1. The van der Waals surface area contributed by atoms with Gasteiger partial charge in [0.15, 0.2) is 0 Å². The van der Waals surface area contributed by atoms with E-state index in [0.717, 1.165) is 11.8 Å². The summed E-state index contributed by atoms with van der Waals surface area (Å²) in [5.74, 6) is 1.87. The van der Waals surface area contributed by atoms with Crippen molar-refractivity contribution in [2.45, 2.75) is 50.3 Å². The molecule has 2 aliphatic rings. The van der Waals surface area contributed by atoms with Crippen molar-refractivity contribution < 1.29 is 0 Å². The van der Waals surface area contributed by atoms with Crippen LogP contribution in [0.5, 0.6) is 0 Å². The molecule has 1 aliphatic heterocycles. The first-order valence-corrected chi connectivity index (χ1v) is 6.36. The lowest BCUT2D eigenvalue weighted by Crippen LogP contribution is -2.37. The van der Waals surface area contributed by atoms with E-state index in [2.05, 4.69) is 36.5 Å². The Bertz CT molecular complexity index is 166. The third-order valence-electron chi connectivity index (χ3n) is 3.27. The zero-order valence-electron chi connectivity index (χ0n) is 8.55. The van der Waals surface area contributed by atoms with Gasteiger partial charge in [-0.3, -0.25) is 0 Å². The molecule has 2 fully saturated rings. The lowest BCUT2D eigenvalue weighted by Gasteiger charge is -2.29. The van der Waals surface area contributed by atoms with E-state index in [4.69, 9.17) is 0 Å². The van der Waals surface area contributed by atoms with Gasteiger partial charge in [0.05, 0.1) is 10.7 Å². The second kappa shape index (κ2) is 4.20. The van der Waals surface area contributed by atoms with E-state index in [1.165, 1.54) is 25.7 Å². The Morgan fingerprint density at radius 1 is 1.00 bits per heavy atom. The van der Waals surface area contributed by atoms with Crippen molar-refractivity contribution in [3.8, 4) is 0 Å². The largest absolute Gasteiger partial charge is 0.244 e. The van der Waals surface area contributed by atoms with Crippen LogP contribution in [0.2, 0.25) is 0 Å². The average molecular weight is 200 g/mol. The van der Waals surface area contributed by atoms with E-state index in [-0.39, 0.29) is 0 Å². The van der Waals surface area contributed by atoms with Crippen LogP contribution in [0.15, 0.2) is 0 Å². The topological polar surface area (TPSA) is 24.1 Å². The second-order valence-corrected chi connectivity index (χ2v) is 5.99. The van der Waals surface area contributed by atoms with E-state index in [1.807, 2.05) is 0 Å². The molecular formula is C10H20N2S. The molecule has 76 valence electrons. The highest BCUT2D eigenvalue weighted by molar-refractivity contribution is 8.00. The number of rotatable bonds is 1. The summed E-state index contributed by atoms with van der Waals surface area (Å²) in [6.45, 7) is 4.61. The van der Waals surface area contributed by atoms with Gasteiger partial charge in [-0.05, 0) is 31.6 Å². The number of nitrogens with one attached hydrogen (secondary N) is 2.